The van der Waals surface area contributed by atoms with Crippen molar-refractivity contribution in [2.45, 2.75) is 59.0 Å². The zero-order chi connectivity index (χ0) is 15.1. The Morgan fingerprint density at radius 3 is 2.16 bits per heavy atom. The molecule has 0 amide bonds. The number of carbonyl (C=O) groups excluding carboxylic acids is 1. The molecule has 0 radical (unpaired) electrons. The van der Waals surface area contributed by atoms with E-state index in [1.807, 2.05) is 14.0 Å². The third-order valence-corrected chi connectivity index (χ3v) is 3.77. The lowest BCUT2D eigenvalue weighted by Crippen LogP contribution is -2.58. The standard InChI is InChI=1S/C15H32N2O2/c1-8-13(9-2)17(10-12(3)4)11-15(5,16-6)14(18)19-7/h12-13,16H,8-11H2,1-7H3. The van der Waals surface area contributed by atoms with Gasteiger partial charge in [-0.15, -0.1) is 0 Å². The normalized spacial score (nSPS) is 15.1. The van der Waals surface area contributed by atoms with Crippen LogP contribution < -0.4 is 5.32 Å². The largest absolute Gasteiger partial charge is 0.468 e. The van der Waals surface area contributed by atoms with E-state index in [0.717, 1.165) is 19.4 Å². The first-order valence-electron chi connectivity index (χ1n) is 7.35. The molecule has 0 bridgehead atoms. The van der Waals surface area contributed by atoms with Gasteiger partial charge in [-0.1, -0.05) is 27.7 Å². The highest BCUT2D eigenvalue weighted by Gasteiger charge is 2.36. The maximum absolute atomic E-state index is 12.0. The average molecular weight is 272 g/mol. The van der Waals surface area contributed by atoms with Crippen molar-refractivity contribution < 1.29 is 9.53 Å². The average Bonchev–Trinajstić information content (AvgIpc) is 2.38. The summed E-state index contributed by atoms with van der Waals surface area (Å²) < 4.78 is 4.93. The summed E-state index contributed by atoms with van der Waals surface area (Å²) in [5.41, 5.74) is -0.647. The van der Waals surface area contributed by atoms with Crippen molar-refractivity contribution in [3.63, 3.8) is 0 Å². The highest BCUT2D eigenvalue weighted by molar-refractivity contribution is 5.80. The summed E-state index contributed by atoms with van der Waals surface area (Å²) in [4.78, 5) is 14.4. The molecule has 1 atom stereocenters. The molecule has 0 fully saturated rings. The molecule has 0 saturated carbocycles. The Bertz CT molecular complexity index is 265. The Morgan fingerprint density at radius 1 is 1.32 bits per heavy atom. The zero-order valence-electron chi connectivity index (χ0n) is 13.7. The minimum atomic E-state index is -0.647. The van der Waals surface area contributed by atoms with Crippen molar-refractivity contribution in [2.24, 2.45) is 5.92 Å². The fraction of sp³-hybridized carbons (Fsp3) is 0.933. The summed E-state index contributed by atoms with van der Waals surface area (Å²) >= 11 is 0. The fourth-order valence-electron chi connectivity index (χ4n) is 2.49. The number of esters is 1. The molecule has 0 aromatic heterocycles. The summed E-state index contributed by atoms with van der Waals surface area (Å²) in [6.45, 7) is 12.4. The van der Waals surface area contributed by atoms with Crippen LogP contribution in [0.1, 0.15) is 47.5 Å². The molecule has 0 aliphatic carbocycles. The molecule has 114 valence electrons. The molecule has 4 heteroatoms. The Morgan fingerprint density at radius 2 is 1.84 bits per heavy atom. The number of hydrogen-bond acceptors (Lipinski definition) is 4. The summed E-state index contributed by atoms with van der Waals surface area (Å²) in [5, 5.41) is 3.12. The van der Waals surface area contributed by atoms with E-state index in [2.05, 4.69) is 37.9 Å². The second kappa shape index (κ2) is 8.54. The van der Waals surface area contributed by atoms with Crippen LogP contribution >= 0.6 is 0 Å². The quantitative estimate of drug-likeness (QED) is 0.654. The topological polar surface area (TPSA) is 41.6 Å². The van der Waals surface area contributed by atoms with Crippen LogP contribution in [0.25, 0.3) is 0 Å². The first-order valence-corrected chi connectivity index (χ1v) is 7.35. The smallest absolute Gasteiger partial charge is 0.327 e. The number of ether oxygens (including phenoxy) is 1. The molecule has 1 N–H and O–H groups in total. The Labute approximate surface area is 118 Å². The van der Waals surface area contributed by atoms with Crippen LogP contribution in [0.4, 0.5) is 0 Å². The van der Waals surface area contributed by atoms with Crippen molar-refractivity contribution in [3.8, 4) is 0 Å². The van der Waals surface area contributed by atoms with Crippen LogP contribution in [0.3, 0.4) is 0 Å². The van der Waals surface area contributed by atoms with Gasteiger partial charge >= 0.3 is 5.97 Å². The van der Waals surface area contributed by atoms with Crippen molar-refractivity contribution in [3.05, 3.63) is 0 Å². The number of nitrogens with one attached hydrogen (secondary N) is 1. The lowest BCUT2D eigenvalue weighted by molar-refractivity contribution is -0.148. The maximum Gasteiger partial charge on any atom is 0.327 e. The molecule has 0 heterocycles. The van der Waals surface area contributed by atoms with Gasteiger partial charge in [0.1, 0.15) is 5.54 Å². The SMILES string of the molecule is CCC(CC)N(CC(C)C)CC(C)(NC)C(=O)OC. The number of rotatable bonds is 9. The second-order valence-corrected chi connectivity index (χ2v) is 5.87. The van der Waals surface area contributed by atoms with E-state index in [-0.39, 0.29) is 5.97 Å². The van der Waals surface area contributed by atoms with Gasteiger partial charge in [-0.3, -0.25) is 9.69 Å². The first kappa shape index (κ1) is 18.4. The fourth-order valence-corrected chi connectivity index (χ4v) is 2.49. The van der Waals surface area contributed by atoms with Gasteiger partial charge < -0.3 is 10.1 Å². The van der Waals surface area contributed by atoms with Gasteiger partial charge in [-0.05, 0) is 32.7 Å². The molecule has 1 unspecified atom stereocenters. The molecule has 4 nitrogen and oxygen atoms in total. The highest BCUT2D eigenvalue weighted by atomic mass is 16.5. The van der Waals surface area contributed by atoms with E-state index in [0.29, 0.717) is 18.5 Å². The zero-order valence-corrected chi connectivity index (χ0v) is 13.7. The summed E-state index contributed by atoms with van der Waals surface area (Å²) in [7, 11) is 3.26. The minimum absolute atomic E-state index is 0.199. The second-order valence-electron chi connectivity index (χ2n) is 5.87. The van der Waals surface area contributed by atoms with E-state index < -0.39 is 5.54 Å². The van der Waals surface area contributed by atoms with Crippen molar-refractivity contribution in [1.82, 2.24) is 10.2 Å². The maximum atomic E-state index is 12.0. The molecule has 0 aliphatic heterocycles. The summed E-state index contributed by atoms with van der Waals surface area (Å²) in [6.07, 6.45) is 2.20. The van der Waals surface area contributed by atoms with Gasteiger partial charge in [0.05, 0.1) is 7.11 Å². The van der Waals surface area contributed by atoms with Crippen LogP contribution in [0.5, 0.6) is 0 Å². The van der Waals surface area contributed by atoms with E-state index in [9.17, 15) is 4.79 Å². The van der Waals surface area contributed by atoms with Crippen LogP contribution in [-0.4, -0.2) is 49.7 Å². The lowest BCUT2D eigenvalue weighted by Gasteiger charge is -2.38. The van der Waals surface area contributed by atoms with Crippen molar-refractivity contribution >= 4 is 5.97 Å². The van der Waals surface area contributed by atoms with E-state index in [1.54, 1.807) is 0 Å². The minimum Gasteiger partial charge on any atom is -0.468 e. The molecule has 0 aromatic carbocycles. The number of carbonyl (C=O) groups is 1. The van der Waals surface area contributed by atoms with Gasteiger partial charge in [-0.2, -0.15) is 0 Å². The van der Waals surface area contributed by atoms with Crippen LogP contribution in [0.2, 0.25) is 0 Å². The van der Waals surface area contributed by atoms with Gasteiger partial charge in [-0.25, -0.2) is 0 Å². The monoisotopic (exact) mass is 272 g/mol. The van der Waals surface area contributed by atoms with Gasteiger partial charge in [0.15, 0.2) is 0 Å². The van der Waals surface area contributed by atoms with Gasteiger partial charge in [0, 0.05) is 19.1 Å². The van der Waals surface area contributed by atoms with Gasteiger partial charge in [0.25, 0.3) is 0 Å². The third-order valence-electron chi connectivity index (χ3n) is 3.77. The molecule has 0 aromatic rings. The predicted octanol–water partition coefficient (Wildman–Crippen LogP) is 2.28. The molecular weight excluding hydrogens is 240 g/mol. The number of hydrogen-bond donors (Lipinski definition) is 1. The van der Waals surface area contributed by atoms with E-state index in [1.165, 1.54) is 7.11 Å². The van der Waals surface area contributed by atoms with Crippen LogP contribution in [0, 0.1) is 5.92 Å². The first-order chi connectivity index (χ1) is 8.84. The summed E-state index contributed by atoms with van der Waals surface area (Å²) in [6, 6.07) is 0.514. The Balaban J connectivity index is 5.00. The molecule has 0 rings (SSSR count). The highest BCUT2D eigenvalue weighted by Crippen LogP contribution is 2.17. The van der Waals surface area contributed by atoms with E-state index in [4.69, 9.17) is 4.74 Å². The molecular formula is C15H32N2O2. The van der Waals surface area contributed by atoms with Crippen molar-refractivity contribution in [2.75, 3.05) is 27.2 Å². The Hall–Kier alpha value is -0.610. The summed E-state index contributed by atoms with van der Waals surface area (Å²) in [5.74, 6) is 0.383. The molecule has 19 heavy (non-hydrogen) atoms. The van der Waals surface area contributed by atoms with E-state index >= 15 is 0 Å². The number of nitrogens with zero attached hydrogens (tertiary/aromatic N) is 1. The number of likely N-dealkylation sites (N-methyl/N-ethyl adjacent to an activating group) is 1. The lowest BCUT2D eigenvalue weighted by atomic mass is 9.98. The van der Waals surface area contributed by atoms with Gasteiger partial charge in [0.2, 0.25) is 0 Å². The molecule has 0 saturated heterocycles. The Kier molecular flexibility index (Phi) is 8.26. The molecule has 0 aliphatic rings. The third kappa shape index (κ3) is 5.49. The van der Waals surface area contributed by atoms with Crippen LogP contribution in [-0.2, 0) is 9.53 Å². The van der Waals surface area contributed by atoms with Crippen LogP contribution in [0.15, 0.2) is 0 Å². The molecule has 0 spiro atoms. The predicted molar refractivity (Wildman–Crippen MR) is 80.3 cm³/mol. The van der Waals surface area contributed by atoms with Crippen molar-refractivity contribution in [1.29, 1.82) is 0 Å². The number of methoxy groups -OCH3 is 1.